The van der Waals surface area contributed by atoms with Gasteiger partial charge in [-0.1, -0.05) is 0 Å². The zero-order valence-corrected chi connectivity index (χ0v) is 13.9. The average molecular weight is 324 g/mol. The number of hydrogen-bond donors (Lipinski definition) is 0. The first-order valence-electron chi connectivity index (χ1n) is 7.58. The Balaban J connectivity index is 1.67. The Labute approximate surface area is 138 Å². The second-order valence-corrected chi connectivity index (χ2v) is 6.97. The highest BCUT2D eigenvalue weighted by atomic mass is 32.1. The van der Waals surface area contributed by atoms with E-state index < -0.39 is 0 Å². The minimum absolute atomic E-state index is 0.0741. The Kier molecular flexibility index (Phi) is 3.34. The highest BCUT2D eigenvalue weighted by molar-refractivity contribution is 7.13. The van der Waals surface area contributed by atoms with E-state index in [0.29, 0.717) is 13.1 Å². The fourth-order valence-electron chi connectivity index (χ4n) is 3.01. The number of hydrogen-bond acceptors (Lipinski definition) is 5. The lowest BCUT2D eigenvalue weighted by Crippen LogP contribution is -2.36. The number of aryl methyl sites for hydroxylation is 2. The summed E-state index contributed by atoms with van der Waals surface area (Å²) in [5.41, 5.74) is 3.77. The molecule has 4 heterocycles. The van der Waals surface area contributed by atoms with Gasteiger partial charge in [-0.25, -0.2) is 15.0 Å². The first-order chi connectivity index (χ1) is 11.1. The smallest absolute Gasteiger partial charge is 0.266 e. The van der Waals surface area contributed by atoms with Crippen molar-refractivity contribution in [3.8, 4) is 0 Å². The van der Waals surface area contributed by atoms with Gasteiger partial charge in [-0.15, -0.1) is 11.3 Å². The normalized spacial score (nSPS) is 14.1. The lowest BCUT2D eigenvalue weighted by molar-refractivity contribution is 0.0737. The highest BCUT2D eigenvalue weighted by Gasteiger charge is 2.25. The molecule has 0 radical (unpaired) electrons. The number of fused-ring (bicyclic) bond motifs is 2. The van der Waals surface area contributed by atoms with E-state index in [0.717, 1.165) is 44.3 Å². The molecule has 0 bridgehead atoms. The van der Waals surface area contributed by atoms with Crippen molar-refractivity contribution >= 4 is 28.3 Å². The van der Waals surface area contributed by atoms with Gasteiger partial charge in [0, 0.05) is 36.8 Å². The molecule has 116 valence electrons. The van der Waals surface area contributed by atoms with Crippen molar-refractivity contribution in [3.05, 3.63) is 51.2 Å². The van der Waals surface area contributed by atoms with Gasteiger partial charge in [-0.3, -0.25) is 4.79 Å². The van der Waals surface area contributed by atoms with E-state index in [1.165, 1.54) is 11.3 Å². The van der Waals surface area contributed by atoms with Gasteiger partial charge in [0.25, 0.3) is 5.91 Å². The molecular weight excluding hydrogens is 308 g/mol. The molecule has 4 rings (SSSR count). The molecule has 1 amide bonds. The lowest BCUT2D eigenvalue weighted by Gasteiger charge is -2.28. The summed E-state index contributed by atoms with van der Waals surface area (Å²) in [7, 11) is 0. The Morgan fingerprint density at radius 2 is 2.17 bits per heavy atom. The summed E-state index contributed by atoms with van der Waals surface area (Å²) in [6.45, 7) is 5.12. The first kappa shape index (κ1) is 14.3. The molecule has 0 saturated heterocycles. The van der Waals surface area contributed by atoms with Gasteiger partial charge < -0.3 is 4.90 Å². The van der Waals surface area contributed by atoms with Crippen LogP contribution in [-0.2, 0) is 13.0 Å². The number of rotatable bonds is 1. The van der Waals surface area contributed by atoms with Gasteiger partial charge in [0.15, 0.2) is 5.65 Å². The quantitative estimate of drug-likeness (QED) is 0.690. The number of pyridine rings is 2. The van der Waals surface area contributed by atoms with Crippen LogP contribution in [0.1, 0.15) is 31.6 Å². The van der Waals surface area contributed by atoms with E-state index in [-0.39, 0.29) is 5.91 Å². The number of carbonyl (C=O) groups excluding carboxylic acids is 1. The molecule has 0 saturated carbocycles. The fourth-order valence-corrected chi connectivity index (χ4v) is 3.90. The van der Waals surface area contributed by atoms with Crippen molar-refractivity contribution in [2.45, 2.75) is 26.8 Å². The average Bonchev–Trinajstić information content (AvgIpc) is 2.90. The van der Waals surface area contributed by atoms with Crippen molar-refractivity contribution < 1.29 is 4.79 Å². The van der Waals surface area contributed by atoms with Crippen LogP contribution in [0.5, 0.6) is 0 Å². The van der Waals surface area contributed by atoms with Crippen LogP contribution < -0.4 is 0 Å². The van der Waals surface area contributed by atoms with Crippen LogP contribution in [-0.4, -0.2) is 32.3 Å². The molecule has 1 aliphatic heterocycles. The second-order valence-electron chi connectivity index (χ2n) is 5.77. The van der Waals surface area contributed by atoms with Crippen molar-refractivity contribution in [1.82, 2.24) is 19.9 Å². The van der Waals surface area contributed by atoms with Crippen LogP contribution in [0.2, 0.25) is 0 Å². The summed E-state index contributed by atoms with van der Waals surface area (Å²) in [4.78, 5) is 28.7. The zero-order valence-electron chi connectivity index (χ0n) is 13.0. The van der Waals surface area contributed by atoms with Gasteiger partial charge >= 0.3 is 0 Å². The topological polar surface area (TPSA) is 59.0 Å². The molecule has 0 aromatic carbocycles. The Morgan fingerprint density at radius 1 is 1.30 bits per heavy atom. The molecule has 23 heavy (non-hydrogen) atoms. The molecule has 0 spiro atoms. The van der Waals surface area contributed by atoms with Gasteiger partial charge in [-0.05, 0) is 37.6 Å². The molecule has 0 unspecified atom stereocenters. The van der Waals surface area contributed by atoms with E-state index in [9.17, 15) is 4.79 Å². The van der Waals surface area contributed by atoms with Crippen LogP contribution >= 0.6 is 11.3 Å². The maximum atomic E-state index is 12.8. The Hall–Kier alpha value is -2.34. The van der Waals surface area contributed by atoms with E-state index in [1.807, 2.05) is 30.9 Å². The molecule has 0 atom stereocenters. The summed E-state index contributed by atoms with van der Waals surface area (Å²) in [6, 6.07) is 6.02. The molecular formula is C17H16N4OS. The van der Waals surface area contributed by atoms with Crippen LogP contribution in [0.15, 0.2) is 24.4 Å². The molecule has 0 aliphatic carbocycles. The molecule has 0 fully saturated rings. The third-order valence-corrected chi connectivity index (χ3v) is 5.18. The lowest BCUT2D eigenvalue weighted by atomic mass is 10.0. The molecule has 5 nitrogen and oxygen atoms in total. The molecule has 1 aliphatic rings. The van der Waals surface area contributed by atoms with Crippen LogP contribution in [0, 0.1) is 13.8 Å². The molecule has 6 heteroatoms. The largest absolute Gasteiger partial charge is 0.333 e. The van der Waals surface area contributed by atoms with Gasteiger partial charge in [0.2, 0.25) is 0 Å². The second kappa shape index (κ2) is 5.38. The molecule has 0 N–H and O–H groups in total. The van der Waals surface area contributed by atoms with Gasteiger partial charge in [0.1, 0.15) is 4.88 Å². The van der Waals surface area contributed by atoms with Crippen molar-refractivity contribution in [2.24, 2.45) is 0 Å². The standard InChI is InChI=1S/C17H16N4OS/c1-10-15(23-11(2)19-10)17(22)21-7-5-14-13(9-21)8-12-4-3-6-18-16(12)20-14/h3-4,6,8H,5,7,9H2,1-2H3. The fraction of sp³-hybridized carbons (Fsp3) is 0.294. The minimum atomic E-state index is 0.0741. The summed E-state index contributed by atoms with van der Waals surface area (Å²) in [6.07, 6.45) is 2.53. The third-order valence-electron chi connectivity index (χ3n) is 4.12. The first-order valence-corrected chi connectivity index (χ1v) is 8.40. The van der Waals surface area contributed by atoms with Gasteiger partial charge in [0.05, 0.1) is 10.7 Å². The summed E-state index contributed by atoms with van der Waals surface area (Å²) in [5.74, 6) is 0.0741. The van der Waals surface area contributed by atoms with Gasteiger partial charge in [-0.2, -0.15) is 0 Å². The number of nitrogens with zero attached hydrogens (tertiary/aromatic N) is 4. The van der Waals surface area contributed by atoms with Crippen LogP contribution in [0.3, 0.4) is 0 Å². The van der Waals surface area contributed by atoms with Crippen molar-refractivity contribution in [2.75, 3.05) is 6.54 Å². The summed E-state index contributed by atoms with van der Waals surface area (Å²) < 4.78 is 0. The van der Waals surface area contributed by atoms with E-state index in [1.54, 1.807) is 6.20 Å². The monoisotopic (exact) mass is 324 g/mol. The van der Waals surface area contributed by atoms with E-state index >= 15 is 0 Å². The van der Waals surface area contributed by atoms with E-state index in [4.69, 9.17) is 0 Å². The summed E-state index contributed by atoms with van der Waals surface area (Å²) in [5, 5.41) is 1.95. The minimum Gasteiger partial charge on any atom is -0.333 e. The Bertz CT molecular complexity index is 918. The number of carbonyl (C=O) groups is 1. The van der Waals surface area contributed by atoms with Crippen molar-refractivity contribution in [3.63, 3.8) is 0 Å². The predicted octanol–water partition coefficient (Wildman–Crippen LogP) is 2.90. The zero-order chi connectivity index (χ0) is 16.0. The SMILES string of the molecule is Cc1nc(C)c(C(=O)N2CCc3nc4ncccc4cc3C2)s1. The van der Waals surface area contributed by atoms with Crippen molar-refractivity contribution in [1.29, 1.82) is 0 Å². The number of thiazole rings is 1. The number of amides is 1. The highest BCUT2D eigenvalue weighted by Crippen LogP contribution is 2.25. The molecule has 3 aromatic rings. The maximum absolute atomic E-state index is 12.8. The molecule has 3 aromatic heterocycles. The maximum Gasteiger partial charge on any atom is 0.266 e. The Morgan fingerprint density at radius 3 is 2.96 bits per heavy atom. The van der Waals surface area contributed by atoms with Crippen LogP contribution in [0.4, 0.5) is 0 Å². The van der Waals surface area contributed by atoms with E-state index in [2.05, 4.69) is 21.0 Å². The van der Waals surface area contributed by atoms with Crippen LogP contribution in [0.25, 0.3) is 11.0 Å². The predicted molar refractivity (Wildman–Crippen MR) is 89.6 cm³/mol. The summed E-state index contributed by atoms with van der Waals surface area (Å²) >= 11 is 1.47. The third kappa shape index (κ3) is 2.49. The number of aromatic nitrogens is 3.